The van der Waals surface area contributed by atoms with Gasteiger partial charge in [-0.15, -0.1) is 11.3 Å². The molecule has 1 fully saturated rings. The molecule has 1 aliphatic carbocycles. The standard InChI is InChI=1S/C10H14ClNS/c1-6-8(4-9(6)12-2)7-3-10(11)13-5-7/h3,5-6,8-9,12H,4H2,1-2H3. The predicted molar refractivity (Wildman–Crippen MR) is 58.7 cm³/mol. The van der Waals surface area contributed by atoms with E-state index >= 15 is 0 Å². The molecule has 0 spiro atoms. The third-order valence-electron chi connectivity index (χ3n) is 3.16. The summed E-state index contributed by atoms with van der Waals surface area (Å²) in [5.41, 5.74) is 1.43. The molecule has 3 heteroatoms. The third kappa shape index (κ3) is 1.63. The summed E-state index contributed by atoms with van der Waals surface area (Å²) in [5, 5.41) is 5.52. The van der Waals surface area contributed by atoms with Crippen LogP contribution in [-0.4, -0.2) is 13.1 Å². The lowest BCUT2D eigenvalue weighted by molar-refractivity contribution is 0.194. The number of nitrogens with one attached hydrogen (secondary N) is 1. The summed E-state index contributed by atoms with van der Waals surface area (Å²) in [7, 11) is 2.04. The molecule has 1 saturated carbocycles. The molecular weight excluding hydrogens is 202 g/mol. The van der Waals surface area contributed by atoms with Crippen LogP contribution in [0.1, 0.15) is 24.8 Å². The lowest BCUT2D eigenvalue weighted by Crippen LogP contribution is -2.46. The van der Waals surface area contributed by atoms with Gasteiger partial charge in [0.15, 0.2) is 0 Å². The van der Waals surface area contributed by atoms with Gasteiger partial charge in [0.25, 0.3) is 0 Å². The van der Waals surface area contributed by atoms with E-state index in [1.54, 1.807) is 11.3 Å². The maximum atomic E-state index is 5.91. The van der Waals surface area contributed by atoms with E-state index in [-0.39, 0.29) is 0 Å². The van der Waals surface area contributed by atoms with Gasteiger partial charge in [0.2, 0.25) is 0 Å². The van der Waals surface area contributed by atoms with Crippen molar-refractivity contribution in [2.45, 2.75) is 25.3 Å². The second kappa shape index (κ2) is 3.60. The molecule has 1 N–H and O–H groups in total. The zero-order valence-corrected chi connectivity index (χ0v) is 9.45. The molecule has 1 aromatic heterocycles. The summed E-state index contributed by atoms with van der Waals surface area (Å²) in [4.78, 5) is 0. The maximum Gasteiger partial charge on any atom is 0.0931 e. The molecule has 0 aliphatic heterocycles. The van der Waals surface area contributed by atoms with E-state index in [0.29, 0.717) is 6.04 Å². The summed E-state index contributed by atoms with van der Waals surface area (Å²) >= 11 is 7.54. The Morgan fingerprint density at radius 1 is 1.62 bits per heavy atom. The highest BCUT2D eigenvalue weighted by Crippen LogP contribution is 2.44. The Labute approximate surface area is 88.1 Å². The van der Waals surface area contributed by atoms with Crippen LogP contribution in [0.15, 0.2) is 11.4 Å². The van der Waals surface area contributed by atoms with Crippen LogP contribution < -0.4 is 5.32 Å². The average Bonchev–Trinajstić information content (AvgIpc) is 2.50. The van der Waals surface area contributed by atoms with Crippen LogP contribution in [0.2, 0.25) is 4.34 Å². The van der Waals surface area contributed by atoms with Crippen molar-refractivity contribution in [1.29, 1.82) is 0 Å². The summed E-state index contributed by atoms with van der Waals surface area (Å²) in [6.07, 6.45) is 1.25. The van der Waals surface area contributed by atoms with Gasteiger partial charge >= 0.3 is 0 Å². The van der Waals surface area contributed by atoms with Crippen LogP contribution in [0.5, 0.6) is 0 Å². The molecule has 72 valence electrons. The van der Waals surface area contributed by atoms with Gasteiger partial charge in [-0.2, -0.15) is 0 Å². The van der Waals surface area contributed by atoms with Crippen LogP contribution in [-0.2, 0) is 0 Å². The predicted octanol–water partition coefficient (Wildman–Crippen LogP) is 3.11. The minimum Gasteiger partial charge on any atom is -0.317 e. The molecule has 2 rings (SSSR count). The van der Waals surface area contributed by atoms with Crippen molar-refractivity contribution in [3.63, 3.8) is 0 Å². The first-order valence-electron chi connectivity index (χ1n) is 4.63. The van der Waals surface area contributed by atoms with Crippen molar-refractivity contribution in [1.82, 2.24) is 5.32 Å². The van der Waals surface area contributed by atoms with Gasteiger partial charge in [0, 0.05) is 6.04 Å². The minimum absolute atomic E-state index is 0.698. The van der Waals surface area contributed by atoms with Crippen LogP contribution in [0.3, 0.4) is 0 Å². The molecule has 0 aromatic carbocycles. The zero-order chi connectivity index (χ0) is 9.42. The van der Waals surface area contributed by atoms with Gasteiger partial charge in [-0.1, -0.05) is 18.5 Å². The number of thiophene rings is 1. The third-order valence-corrected chi connectivity index (χ3v) is 4.27. The van der Waals surface area contributed by atoms with Gasteiger partial charge in [0.1, 0.15) is 0 Å². The topological polar surface area (TPSA) is 12.0 Å². The fraction of sp³-hybridized carbons (Fsp3) is 0.600. The second-order valence-electron chi connectivity index (χ2n) is 3.78. The SMILES string of the molecule is CNC1CC(c2csc(Cl)c2)C1C. The normalized spacial score (nSPS) is 33.0. The molecular formula is C10H14ClNS. The molecule has 0 saturated heterocycles. The smallest absolute Gasteiger partial charge is 0.0931 e. The zero-order valence-electron chi connectivity index (χ0n) is 7.88. The van der Waals surface area contributed by atoms with E-state index in [4.69, 9.17) is 11.6 Å². The molecule has 1 nitrogen and oxygen atoms in total. The highest BCUT2D eigenvalue weighted by Gasteiger charge is 2.37. The molecule has 1 aliphatic rings. The lowest BCUT2D eigenvalue weighted by atomic mass is 9.68. The highest BCUT2D eigenvalue weighted by molar-refractivity contribution is 7.14. The molecule has 13 heavy (non-hydrogen) atoms. The van der Waals surface area contributed by atoms with Crippen molar-refractivity contribution in [2.24, 2.45) is 5.92 Å². The Balaban J connectivity index is 2.05. The van der Waals surface area contributed by atoms with E-state index in [1.165, 1.54) is 12.0 Å². The van der Waals surface area contributed by atoms with E-state index < -0.39 is 0 Å². The number of hydrogen-bond donors (Lipinski definition) is 1. The Bertz CT molecular complexity index is 297. The Morgan fingerprint density at radius 3 is 2.85 bits per heavy atom. The van der Waals surface area contributed by atoms with Crippen LogP contribution in [0, 0.1) is 5.92 Å². The van der Waals surface area contributed by atoms with Crippen molar-refractivity contribution in [3.8, 4) is 0 Å². The summed E-state index contributed by atoms with van der Waals surface area (Å²) in [6, 6.07) is 2.81. The van der Waals surface area contributed by atoms with Crippen molar-refractivity contribution >= 4 is 22.9 Å². The first kappa shape index (κ1) is 9.50. The van der Waals surface area contributed by atoms with E-state index in [1.807, 2.05) is 7.05 Å². The molecule has 0 bridgehead atoms. The Morgan fingerprint density at radius 2 is 2.38 bits per heavy atom. The van der Waals surface area contributed by atoms with E-state index in [9.17, 15) is 0 Å². The second-order valence-corrected chi connectivity index (χ2v) is 5.32. The number of halogens is 1. The Hall–Kier alpha value is -0.0500. The molecule has 0 amide bonds. The van der Waals surface area contributed by atoms with Crippen molar-refractivity contribution in [3.05, 3.63) is 21.3 Å². The average molecular weight is 216 g/mol. The highest BCUT2D eigenvalue weighted by atomic mass is 35.5. The number of hydrogen-bond acceptors (Lipinski definition) is 2. The largest absolute Gasteiger partial charge is 0.317 e. The van der Waals surface area contributed by atoms with Gasteiger partial charge in [-0.05, 0) is 42.3 Å². The van der Waals surface area contributed by atoms with Gasteiger partial charge < -0.3 is 5.32 Å². The Kier molecular flexibility index (Phi) is 2.63. The molecule has 1 aromatic rings. The first-order valence-corrected chi connectivity index (χ1v) is 5.89. The van der Waals surface area contributed by atoms with Crippen LogP contribution >= 0.6 is 22.9 Å². The lowest BCUT2D eigenvalue weighted by Gasteiger charge is -2.42. The maximum absolute atomic E-state index is 5.91. The van der Waals surface area contributed by atoms with E-state index in [2.05, 4.69) is 23.7 Å². The quantitative estimate of drug-likeness (QED) is 0.800. The van der Waals surface area contributed by atoms with Crippen LogP contribution in [0.4, 0.5) is 0 Å². The first-order chi connectivity index (χ1) is 6.22. The van der Waals surface area contributed by atoms with E-state index in [0.717, 1.165) is 16.2 Å². The van der Waals surface area contributed by atoms with Crippen molar-refractivity contribution in [2.75, 3.05) is 7.05 Å². The summed E-state index contributed by atoms with van der Waals surface area (Å²) in [5.74, 6) is 1.47. The molecule has 3 unspecified atom stereocenters. The fourth-order valence-electron chi connectivity index (χ4n) is 2.13. The fourth-order valence-corrected chi connectivity index (χ4v) is 3.08. The number of rotatable bonds is 2. The van der Waals surface area contributed by atoms with Crippen molar-refractivity contribution < 1.29 is 0 Å². The van der Waals surface area contributed by atoms with Gasteiger partial charge in [-0.3, -0.25) is 0 Å². The van der Waals surface area contributed by atoms with Gasteiger partial charge in [0.05, 0.1) is 4.34 Å². The minimum atomic E-state index is 0.698. The molecule has 1 heterocycles. The molecule has 3 atom stereocenters. The summed E-state index contributed by atoms with van der Waals surface area (Å²) in [6.45, 7) is 2.31. The summed E-state index contributed by atoms with van der Waals surface area (Å²) < 4.78 is 0.912. The van der Waals surface area contributed by atoms with Gasteiger partial charge in [-0.25, -0.2) is 0 Å². The molecule has 0 radical (unpaired) electrons. The van der Waals surface area contributed by atoms with Crippen LogP contribution in [0.25, 0.3) is 0 Å². The monoisotopic (exact) mass is 215 g/mol.